The van der Waals surface area contributed by atoms with Crippen molar-refractivity contribution in [2.75, 3.05) is 13.1 Å². The molecule has 3 rings (SSSR count). The summed E-state index contributed by atoms with van der Waals surface area (Å²) in [5.74, 6) is 0.280. The van der Waals surface area contributed by atoms with E-state index in [0.717, 1.165) is 51.6 Å². The number of hydrogen-bond donors (Lipinski definition) is 1. The lowest BCUT2D eigenvalue weighted by molar-refractivity contribution is -0.133. The molecule has 1 aromatic heterocycles. The van der Waals surface area contributed by atoms with Crippen molar-refractivity contribution in [2.24, 2.45) is 5.41 Å². The average molecular weight is 307 g/mol. The highest BCUT2D eigenvalue weighted by atomic mass is 32.1. The number of aryl methyl sites for hydroxylation is 1. The fourth-order valence-electron chi connectivity index (χ4n) is 3.81. The van der Waals surface area contributed by atoms with E-state index < -0.39 is 0 Å². The molecular weight excluding hydrogens is 282 g/mol. The molecule has 1 aliphatic heterocycles. The minimum absolute atomic E-state index is 0.0862. The van der Waals surface area contributed by atoms with Crippen molar-refractivity contribution in [2.45, 2.75) is 58.0 Å². The van der Waals surface area contributed by atoms with Crippen LogP contribution in [0, 0.1) is 12.3 Å². The number of aliphatic hydroxyl groups is 1. The van der Waals surface area contributed by atoms with Crippen molar-refractivity contribution in [3.63, 3.8) is 0 Å². The Morgan fingerprint density at radius 2 is 2.00 bits per heavy atom. The molecule has 1 aromatic rings. The predicted octanol–water partition coefficient (Wildman–Crippen LogP) is 3.14. The molecule has 1 N–H and O–H groups in total. The van der Waals surface area contributed by atoms with Gasteiger partial charge in [-0.1, -0.05) is 0 Å². The first-order chi connectivity index (χ1) is 10.1. The lowest BCUT2D eigenvalue weighted by atomic mass is 9.67. The van der Waals surface area contributed by atoms with Gasteiger partial charge in [0.05, 0.1) is 12.5 Å². The zero-order valence-electron chi connectivity index (χ0n) is 12.8. The normalized spacial score (nSPS) is 22.7. The van der Waals surface area contributed by atoms with Crippen molar-refractivity contribution in [1.82, 2.24) is 4.90 Å². The Bertz CT molecular complexity index is 493. The van der Waals surface area contributed by atoms with Crippen LogP contribution in [0.2, 0.25) is 0 Å². The fourth-order valence-corrected chi connectivity index (χ4v) is 4.54. The number of hydrogen-bond acceptors (Lipinski definition) is 3. The number of carbonyl (C=O) groups is 1. The summed E-state index contributed by atoms with van der Waals surface area (Å²) in [5, 5.41) is 11.7. The van der Waals surface area contributed by atoms with Gasteiger partial charge in [-0.05, 0) is 67.9 Å². The number of rotatable bonds is 2. The summed E-state index contributed by atoms with van der Waals surface area (Å²) < 4.78 is 0. The number of nitrogens with zero attached hydrogens (tertiary/aromatic N) is 1. The highest BCUT2D eigenvalue weighted by Gasteiger charge is 2.38. The van der Waals surface area contributed by atoms with Crippen LogP contribution in [0.15, 0.2) is 11.4 Å². The Morgan fingerprint density at radius 1 is 1.33 bits per heavy atom. The fraction of sp³-hybridized carbons (Fsp3) is 0.706. The molecule has 116 valence electrons. The van der Waals surface area contributed by atoms with Gasteiger partial charge in [0.1, 0.15) is 0 Å². The van der Waals surface area contributed by atoms with Gasteiger partial charge in [0.2, 0.25) is 5.91 Å². The summed E-state index contributed by atoms with van der Waals surface area (Å²) in [6.45, 7) is 3.89. The second-order valence-corrected chi connectivity index (χ2v) is 7.91. The summed E-state index contributed by atoms with van der Waals surface area (Å²) in [6, 6.07) is 2.08. The zero-order valence-corrected chi connectivity index (χ0v) is 13.6. The third-order valence-corrected chi connectivity index (χ3v) is 6.39. The van der Waals surface area contributed by atoms with Crippen LogP contribution in [0.25, 0.3) is 0 Å². The van der Waals surface area contributed by atoms with Crippen LogP contribution in [-0.4, -0.2) is 35.1 Å². The molecule has 1 spiro atoms. The number of amides is 1. The van der Waals surface area contributed by atoms with Crippen molar-refractivity contribution >= 4 is 17.2 Å². The van der Waals surface area contributed by atoms with E-state index in [1.807, 2.05) is 4.90 Å². The van der Waals surface area contributed by atoms with E-state index in [2.05, 4.69) is 18.4 Å². The SMILES string of the molecule is Cc1sccc1CC(=O)N1CCC2(CCC(O)CC2)CC1. The molecule has 0 aromatic carbocycles. The Balaban J connectivity index is 1.53. The molecule has 2 heterocycles. The highest BCUT2D eigenvalue weighted by molar-refractivity contribution is 7.10. The lowest BCUT2D eigenvalue weighted by Gasteiger charge is -2.45. The van der Waals surface area contributed by atoms with E-state index >= 15 is 0 Å². The summed E-state index contributed by atoms with van der Waals surface area (Å²) in [6.07, 6.45) is 6.88. The second-order valence-electron chi connectivity index (χ2n) is 6.79. The van der Waals surface area contributed by atoms with Gasteiger partial charge in [-0.2, -0.15) is 0 Å². The van der Waals surface area contributed by atoms with Gasteiger partial charge in [-0.3, -0.25) is 4.79 Å². The standard InChI is InChI=1S/C17H25NO2S/c1-13-14(4-11-21-13)12-16(20)18-9-7-17(8-10-18)5-2-15(19)3-6-17/h4,11,15,19H,2-3,5-10,12H2,1H3. The second kappa shape index (κ2) is 6.09. The summed E-state index contributed by atoms with van der Waals surface area (Å²) in [4.78, 5) is 15.7. The number of aliphatic hydroxyl groups excluding tert-OH is 1. The first-order valence-corrected chi connectivity index (χ1v) is 8.95. The molecule has 0 radical (unpaired) electrons. The molecule has 1 saturated carbocycles. The zero-order chi connectivity index (χ0) is 14.9. The van der Waals surface area contributed by atoms with Crippen LogP contribution in [0.5, 0.6) is 0 Å². The van der Waals surface area contributed by atoms with Crippen molar-refractivity contribution in [3.8, 4) is 0 Å². The van der Waals surface area contributed by atoms with Gasteiger partial charge in [-0.25, -0.2) is 0 Å². The number of piperidine rings is 1. The Morgan fingerprint density at radius 3 is 2.57 bits per heavy atom. The summed E-state index contributed by atoms with van der Waals surface area (Å²) in [5.41, 5.74) is 1.60. The monoisotopic (exact) mass is 307 g/mol. The third-order valence-electron chi connectivity index (χ3n) is 5.50. The maximum Gasteiger partial charge on any atom is 0.227 e. The third kappa shape index (κ3) is 3.32. The van der Waals surface area contributed by atoms with Crippen molar-refractivity contribution < 1.29 is 9.90 Å². The molecular formula is C17H25NO2S. The van der Waals surface area contributed by atoms with E-state index in [1.165, 1.54) is 10.4 Å². The Labute approximate surface area is 131 Å². The number of carbonyl (C=O) groups excluding carboxylic acids is 1. The smallest absolute Gasteiger partial charge is 0.227 e. The van der Waals surface area contributed by atoms with Gasteiger partial charge in [0, 0.05) is 18.0 Å². The topological polar surface area (TPSA) is 40.5 Å². The van der Waals surface area contributed by atoms with Crippen LogP contribution in [0.1, 0.15) is 49.0 Å². The van der Waals surface area contributed by atoms with Crippen LogP contribution < -0.4 is 0 Å². The van der Waals surface area contributed by atoms with E-state index in [1.54, 1.807) is 11.3 Å². The molecule has 1 aliphatic carbocycles. The molecule has 1 saturated heterocycles. The molecule has 21 heavy (non-hydrogen) atoms. The molecule has 2 aliphatic rings. The van der Waals surface area contributed by atoms with E-state index in [-0.39, 0.29) is 12.0 Å². The Kier molecular flexibility index (Phi) is 4.36. The average Bonchev–Trinajstić information content (AvgIpc) is 2.88. The molecule has 0 bridgehead atoms. The first-order valence-electron chi connectivity index (χ1n) is 8.07. The van der Waals surface area contributed by atoms with Crippen LogP contribution in [-0.2, 0) is 11.2 Å². The van der Waals surface area contributed by atoms with Gasteiger partial charge in [-0.15, -0.1) is 11.3 Å². The van der Waals surface area contributed by atoms with Crippen LogP contribution >= 0.6 is 11.3 Å². The van der Waals surface area contributed by atoms with Crippen LogP contribution in [0.4, 0.5) is 0 Å². The quantitative estimate of drug-likeness (QED) is 0.912. The van der Waals surface area contributed by atoms with Crippen molar-refractivity contribution in [1.29, 1.82) is 0 Å². The van der Waals surface area contributed by atoms with Gasteiger partial charge >= 0.3 is 0 Å². The number of thiophene rings is 1. The minimum atomic E-state index is -0.0862. The van der Waals surface area contributed by atoms with Crippen molar-refractivity contribution in [3.05, 3.63) is 21.9 Å². The lowest BCUT2D eigenvalue weighted by Crippen LogP contribution is -2.45. The summed E-state index contributed by atoms with van der Waals surface area (Å²) in [7, 11) is 0. The maximum atomic E-state index is 12.4. The summed E-state index contributed by atoms with van der Waals surface area (Å²) >= 11 is 1.72. The first kappa shape index (κ1) is 15.0. The highest BCUT2D eigenvalue weighted by Crippen LogP contribution is 2.44. The molecule has 3 nitrogen and oxygen atoms in total. The van der Waals surface area contributed by atoms with E-state index in [4.69, 9.17) is 0 Å². The van der Waals surface area contributed by atoms with E-state index in [0.29, 0.717) is 11.8 Å². The predicted molar refractivity (Wildman–Crippen MR) is 85.5 cm³/mol. The maximum absolute atomic E-state index is 12.4. The van der Waals surface area contributed by atoms with Gasteiger partial charge < -0.3 is 10.0 Å². The molecule has 0 atom stereocenters. The molecule has 1 amide bonds. The van der Waals surface area contributed by atoms with Gasteiger partial charge in [0.25, 0.3) is 0 Å². The molecule has 4 heteroatoms. The van der Waals surface area contributed by atoms with E-state index in [9.17, 15) is 9.90 Å². The molecule has 2 fully saturated rings. The Hall–Kier alpha value is -0.870. The number of likely N-dealkylation sites (tertiary alicyclic amines) is 1. The van der Waals surface area contributed by atoms with Gasteiger partial charge in [0.15, 0.2) is 0 Å². The molecule has 0 unspecified atom stereocenters. The largest absolute Gasteiger partial charge is 0.393 e. The van der Waals surface area contributed by atoms with Crippen LogP contribution in [0.3, 0.4) is 0 Å². The minimum Gasteiger partial charge on any atom is -0.393 e.